The summed E-state index contributed by atoms with van der Waals surface area (Å²) >= 11 is 16.7. The van der Waals surface area contributed by atoms with Crippen molar-refractivity contribution in [2.24, 2.45) is 5.73 Å². The first kappa shape index (κ1) is 14.1. The average molecular weight is 313 g/mol. The van der Waals surface area contributed by atoms with E-state index in [0.717, 1.165) is 5.56 Å². The van der Waals surface area contributed by atoms with Crippen molar-refractivity contribution in [3.05, 3.63) is 57.8 Å². The molecule has 0 amide bonds. The lowest BCUT2D eigenvalue weighted by atomic mass is 10.2. The molecule has 2 N–H and O–H groups in total. The van der Waals surface area contributed by atoms with E-state index in [-0.39, 0.29) is 4.99 Å². The Hall–Kier alpha value is -1.36. The molecule has 0 radical (unpaired) electrons. The monoisotopic (exact) mass is 312 g/mol. The molecule has 0 saturated heterocycles. The van der Waals surface area contributed by atoms with Crippen LogP contribution in [0.15, 0.2) is 36.5 Å². The van der Waals surface area contributed by atoms with Gasteiger partial charge in [0.1, 0.15) is 17.3 Å². The lowest BCUT2D eigenvalue weighted by Crippen LogP contribution is -2.12. The molecule has 0 spiro atoms. The van der Waals surface area contributed by atoms with Crippen molar-refractivity contribution in [1.29, 1.82) is 0 Å². The number of pyridine rings is 1. The number of aromatic nitrogens is 1. The second kappa shape index (κ2) is 6.19. The van der Waals surface area contributed by atoms with Crippen molar-refractivity contribution in [3.63, 3.8) is 0 Å². The van der Waals surface area contributed by atoms with Gasteiger partial charge in [0.2, 0.25) is 0 Å². The Balaban J connectivity index is 2.10. The first-order valence-electron chi connectivity index (χ1n) is 5.39. The number of benzene rings is 1. The van der Waals surface area contributed by atoms with Crippen LogP contribution in [0.2, 0.25) is 10.0 Å². The van der Waals surface area contributed by atoms with Crippen molar-refractivity contribution in [3.8, 4) is 5.75 Å². The van der Waals surface area contributed by atoms with Crippen LogP contribution < -0.4 is 10.5 Å². The third kappa shape index (κ3) is 3.80. The Morgan fingerprint density at radius 1 is 1.26 bits per heavy atom. The fourth-order valence-corrected chi connectivity index (χ4v) is 2.03. The standard InChI is InChI=1S/C13H10Cl2N2OS/c14-9-1-2-12(10(15)6-9)18-7-8-3-4-17-11(5-8)13(16)19/h1-6H,7H2,(H2,16,19). The second-order valence-corrected chi connectivity index (χ2v) is 5.06. The van der Waals surface area contributed by atoms with Gasteiger partial charge < -0.3 is 10.5 Å². The Bertz CT molecular complexity index is 619. The highest BCUT2D eigenvalue weighted by atomic mass is 35.5. The minimum Gasteiger partial charge on any atom is -0.487 e. The van der Waals surface area contributed by atoms with Gasteiger partial charge in [-0.15, -0.1) is 0 Å². The van der Waals surface area contributed by atoms with E-state index in [4.69, 9.17) is 45.9 Å². The molecule has 2 aromatic rings. The van der Waals surface area contributed by atoms with E-state index in [1.54, 1.807) is 30.5 Å². The van der Waals surface area contributed by atoms with Gasteiger partial charge in [-0.3, -0.25) is 4.98 Å². The van der Waals surface area contributed by atoms with Gasteiger partial charge in [0.05, 0.1) is 10.7 Å². The van der Waals surface area contributed by atoms with Crippen LogP contribution >= 0.6 is 35.4 Å². The molecule has 98 valence electrons. The predicted octanol–water partition coefficient (Wildman–Crippen LogP) is 3.60. The maximum atomic E-state index is 6.01. The van der Waals surface area contributed by atoms with Crippen molar-refractivity contribution in [1.82, 2.24) is 4.98 Å². The molecule has 0 aliphatic heterocycles. The summed E-state index contributed by atoms with van der Waals surface area (Å²) in [6.45, 7) is 0.347. The smallest absolute Gasteiger partial charge is 0.138 e. The summed E-state index contributed by atoms with van der Waals surface area (Å²) in [5.41, 5.74) is 7.00. The molecule has 2 rings (SSSR count). The lowest BCUT2D eigenvalue weighted by molar-refractivity contribution is 0.306. The molecule has 1 heterocycles. The van der Waals surface area contributed by atoms with Gasteiger partial charge >= 0.3 is 0 Å². The summed E-state index contributed by atoms with van der Waals surface area (Å²) in [4.78, 5) is 4.31. The van der Waals surface area contributed by atoms with Gasteiger partial charge in [0.15, 0.2) is 0 Å². The van der Waals surface area contributed by atoms with E-state index >= 15 is 0 Å². The van der Waals surface area contributed by atoms with E-state index in [1.165, 1.54) is 0 Å². The van der Waals surface area contributed by atoms with Crippen LogP contribution in [-0.2, 0) is 6.61 Å². The van der Waals surface area contributed by atoms with Crippen molar-refractivity contribution >= 4 is 40.4 Å². The molecule has 0 aliphatic rings. The molecular weight excluding hydrogens is 303 g/mol. The van der Waals surface area contributed by atoms with Crippen molar-refractivity contribution < 1.29 is 4.74 Å². The largest absolute Gasteiger partial charge is 0.487 e. The van der Waals surface area contributed by atoms with Crippen molar-refractivity contribution in [2.75, 3.05) is 0 Å². The van der Waals surface area contributed by atoms with E-state index in [0.29, 0.717) is 28.1 Å². The van der Waals surface area contributed by atoms with Crippen molar-refractivity contribution in [2.45, 2.75) is 6.61 Å². The number of hydrogen-bond acceptors (Lipinski definition) is 3. The third-order valence-corrected chi connectivity index (χ3v) is 3.10. The SMILES string of the molecule is NC(=S)c1cc(COc2ccc(Cl)cc2Cl)ccn1. The Labute approximate surface area is 126 Å². The molecule has 19 heavy (non-hydrogen) atoms. The molecule has 0 atom stereocenters. The van der Waals surface area contributed by atoms with E-state index in [2.05, 4.69) is 4.98 Å². The minimum absolute atomic E-state index is 0.256. The Morgan fingerprint density at radius 3 is 2.74 bits per heavy atom. The predicted molar refractivity (Wildman–Crippen MR) is 80.9 cm³/mol. The average Bonchev–Trinajstić information content (AvgIpc) is 2.38. The number of nitrogens with two attached hydrogens (primary N) is 1. The summed E-state index contributed by atoms with van der Waals surface area (Å²) in [6.07, 6.45) is 1.64. The van der Waals surface area contributed by atoms with E-state index in [9.17, 15) is 0 Å². The normalized spacial score (nSPS) is 10.2. The number of rotatable bonds is 4. The highest BCUT2D eigenvalue weighted by molar-refractivity contribution is 7.80. The maximum Gasteiger partial charge on any atom is 0.138 e. The lowest BCUT2D eigenvalue weighted by Gasteiger charge is -2.09. The van der Waals surface area contributed by atoms with Gasteiger partial charge in [0, 0.05) is 11.2 Å². The molecule has 3 nitrogen and oxygen atoms in total. The molecular formula is C13H10Cl2N2OS. The number of ether oxygens (including phenoxy) is 1. The molecule has 0 fully saturated rings. The first-order valence-corrected chi connectivity index (χ1v) is 6.55. The summed E-state index contributed by atoms with van der Waals surface area (Å²) in [5, 5.41) is 1.04. The zero-order valence-electron chi connectivity index (χ0n) is 9.77. The van der Waals surface area contributed by atoms with Gasteiger partial charge in [0.25, 0.3) is 0 Å². The molecule has 6 heteroatoms. The van der Waals surface area contributed by atoms with Gasteiger partial charge in [-0.25, -0.2) is 0 Å². The zero-order valence-corrected chi connectivity index (χ0v) is 12.1. The molecule has 0 unspecified atom stereocenters. The van der Waals surface area contributed by atoms with Gasteiger partial charge in [-0.2, -0.15) is 0 Å². The summed E-state index contributed by atoms with van der Waals surface area (Å²) in [6, 6.07) is 8.68. The molecule has 0 bridgehead atoms. The quantitative estimate of drug-likeness (QED) is 0.876. The van der Waals surface area contributed by atoms with Crippen LogP contribution in [0.5, 0.6) is 5.75 Å². The van der Waals surface area contributed by atoms with E-state index < -0.39 is 0 Å². The van der Waals surface area contributed by atoms with Crippen LogP contribution in [0.1, 0.15) is 11.3 Å². The van der Waals surface area contributed by atoms with E-state index in [1.807, 2.05) is 6.07 Å². The first-order chi connectivity index (χ1) is 9.06. The van der Waals surface area contributed by atoms with Crippen LogP contribution in [0.3, 0.4) is 0 Å². The molecule has 0 saturated carbocycles. The number of halogens is 2. The summed E-state index contributed by atoms with van der Waals surface area (Å²) < 4.78 is 5.61. The highest BCUT2D eigenvalue weighted by Crippen LogP contribution is 2.28. The number of hydrogen-bond donors (Lipinski definition) is 1. The number of thiocarbonyl (C=S) groups is 1. The zero-order chi connectivity index (χ0) is 13.8. The second-order valence-electron chi connectivity index (χ2n) is 3.78. The molecule has 1 aromatic carbocycles. The summed E-state index contributed by atoms with van der Waals surface area (Å²) in [5.74, 6) is 0.569. The van der Waals surface area contributed by atoms with Crippen LogP contribution in [0.25, 0.3) is 0 Å². The molecule has 0 aliphatic carbocycles. The number of nitrogens with zero attached hydrogens (tertiary/aromatic N) is 1. The maximum absolute atomic E-state index is 6.01. The highest BCUT2D eigenvalue weighted by Gasteiger charge is 2.04. The topological polar surface area (TPSA) is 48.1 Å². The van der Waals surface area contributed by atoms with Gasteiger partial charge in [-0.05, 0) is 35.9 Å². The van der Waals surface area contributed by atoms with Crippen LogP contribution in [-0.4, -0.2) is 9.97 Å². The fraction of sp³-hybridized carbons (Fsp3) is 0.0769. The third-order valence-electron chi connectivity index (χ3n) is 2.37. The van der Waals surface area contributed by atoms with Crippen LogP contribution in [0.4, 0.5) is 0 Å². The minimum atomic E-state index is 0.256. The summed E-state index contributed by atoms with van der Waals surface area (Å²) in [7, 11) is 0. The van der Waals surface area contributed by atoms with Crippen LogP contribution in [0, 0.1) is 0 Å². The fourth-order valence-electron chi connectivity index (χ4n) is 1.45. The Kier molecular flexibility index (Phi) is 4.58. The Morgan fingerprint density at radius 2 is 2.05 bits per heavy atom. The molecule has 1 aromatic heterocycles. The van der Waals surface area contributed by atoms with Gasteiger partial charge in [-0.1, -0.05) is 35.4 Å².